The second-order valence-electron chi connectivity index (χ2n) is 5.63. The topological polar surface area (TPSA) is 75.4 Å². The number of nitrogens with zero attached hydrogens (tertiary/aromatic N) is 3. The number of likely N-dealkylation sites (tertiary alicyclic amines) is 1. The molecular weight excluding hydrogens is 315 g/mol. The third-order valence-electron chi connectivity index (χ3n) is 3.77. The number of rotatable bonds is 5. The molecule has 1 N–H and O–H groups in total. The van der Waals surface area contributed by atoms with E-state index >= 15 is 0 Å². The Morgan fingerprint density at radius 2 is 2.13 bits per heavy atom. The summed E-state index contributed by atoms with van der Waals surface area (Å²) in [4.78, 5) is 24.0. The van der Waals surface area contributed by atoms with Gasteiger partial charge in [-0.25, -0.2) is 0 Å². The molecule has 1 aromatic heterocycles. The van der Waals surface area contributed by atoms with Gasteiger partial charge in [0.05, 0.1) is 12.1 Å². The second-order valence-corrected chi connectivity index (χ2v) is 5.63. The molecule has 1 aliphatic rings. The number of aromatic nitrogens is 2. The minimum absolute atomic E-state index is 0.0753. The third-order valence-corrected chi connectivity index (χ3v) is 3.77. The van der Waals surface area contributed by atoms with Crippen molar-refractivity contribution in [1.82, 2.24) is 14.7 Å². The lowest BCUT2D eigenvalue weighted by Crippen LogP contribution is -2.39. The van der Waals surface area contributed by atoms with E-state index < -0.39 is 30.9 Å². The Bertz CT molecular complexity index is 571. The van der Waals surface area contributed by atoms with Gasteiger partial charge >= 0.3 is 12.1 Å². The lowest BCUT2D eigenvalue weighted by Gasteiger charge is -2.32. The minimum Gasteiger partial charge on any atom is -0.480 e. The highest BCUT2D eigenvalue weighted by Gasteiger charge is 2.31. The van der Waals surface area contributed by atoms with Crippen molar-refractivity contribution in [3.8, 4) is 0 Å². The number of carboxylic acids is 1. The molecule has 1 aliphatic heterocycles. The van der Waals surface area contributed by atoms with Crippen molar-refractivity contribution >= 4 is 11.9 Å². The molecule has 6 nitrogen and oxygen atoms in total. The van der Waals surface area contributed by atoms with Crippen LogP contribution in [0.4, 0.5) is 13.2 Å². The largest absolute Gasteiger partial charge is 0.480 e. The van der Waals surface area contributed by atoms with E-state index in [2.05, 4.69) is 5.10 Å². The van der Waals surface area contributed by atoms with Crippen molar-refractivity contribution in [1.29, 1.82) is 0 Å². The molecule has 0 spiro atoms. The first kappa shape index (κ1) is 17.3. The van der Waals surface area contributed by atoms with Gasteiger partial charge in [0.1, 0.15) is 6.54 Å². The first-order valence-electron chi connectivity index (χ1n) is 7.34. The summed E-state index contributed by atoms with van der Waals surface area (Å²) in [5.74, 6) is -1.59. The number of carbonyl (C=O) groups excluding carboxylic acids is 1. The van der Waals surface area contributed by atoms with Gasteiger partial charge in [-0.05, 0) is 18.9 Å². The van der Waals surface area contributed by atoms with E-state index in [1.54, 1.807) is 12.3 Å². The van der Waals surface area contributed by atoms with Crippen LogP contribution in [-0.4, -0.2) is 50.9 Å². The molecule has 2 rings (SSSR count). The number of carboxylic acid groups (broad SMARTS) is 1. The van der Waals surface area contributed by atoms with Gasteiger partial charge in [-0.15, -0.1) is 0 Å². The lowest BCUT2D eigenvalue weighted by molar-refractivity contribution is -0.149. The Labute approximate surface area is 130 Å². The van der Waals surface area contributed by atoms with Crippen LogP contribution in [0.3, 0.4) is 0 Å². The number of hydrogen-bond acceptors (Lipinski definition) is 3. The van der Waals surface area contributed by atoms with Crippen LogP contribution in [0.2, 0.25) is 0 Å². The van der Waals surface area contributed by atoms with Gasteiger partial charge in [-0.2, -0.15) is 18.3 Å². The number of hydrogen-bond donors (Lipinski definition) is 1. The van der Waals surface area contributed by atoms with Gasteiger partial charge in [0, 0.05) is 31.6 Å². The van der Waals surface area contributed by atoms with Crippen LogP contribution in [0.1, 0.15) is 37.3 Å². The fourth-order valence-electron chi connectivity index (χ4n) is 2.67. The van der Waals surface area contributed by atoms with Crippen molar-refractivity contribution < 1.29 is 27.9 Å². The molecule has 1 saturated heterocycles. The fourth-order valence-corrected chi connectivity index (χ4v) is 2.67. The summed E-state index contributed by atoms with van der Waals surface area (Å²) in [7, 11) is 0. The first-order chi connectivity index (χ1) is 10.7. The van der Waals surface area contributed by atoms with Crippen LogP contribution in [0.25, 0.3) is 0 Å². The van der Waals surface area contributed by atoms with Gasteiger partial charge in [-0.1, -0.05) is 0 Å². The van der Waals surface area contributed by atoms with Crippen molar-refractivity contribution in [2.24, 2.45) is 0 Å². The zero-order valence-electron chi connectivity index (χ0n) is 12.4. The maximum Gasteiger partial charge on any atom is 0.389 e. The van der Waals surface area contributed by atoms with Crippen LogP contribution in [0.15, 0.2) is 12.3 Å². The predicted octanol–water partition coefficient (Wildman–Crippen LogP) is 2.02. The van der Waals surface area contributed by atoms with Gasteiger partial charge in [0.15, 0.2) is 0 Å². The molecule has 0 aliphatic carbocycles. The monoisotopic (exact) mass is 333 g/mol. The molecule has 2 heterocycles. The van der Waals surface area contributed by atoms with Crippen molar-refractivity contribution in [3.63, 3.8) is 0 Å². The summed E-state index contributed by atoms with van der Waals surface area (Å²) in [6.45, 7) is 0.519. The first-order valence-corrected chi connectivity index (χ1v) is 7.34. The summed E-state index contributed by atoms with van der Waals surface area (Å²) in [6.07, 6.45) is -2.97. The molecule has 0 radical (unpaired) electrons. The lowest BCUT2D eigenvalue weighted by atomic mass is 9.94. The summed E-state index contributed by atoms with van der Waals surface area (Å²) < 4.78 is 37.9. The molecular formula is C14H18F3N3O3. The number of amides is 1. The number of alkyl halides is 3. The summed E-state index contributed by atoms with van der Waals surface area (Å²) in [5, 5.41) is 12.9. The number of piperidine rings is 1. The van der Waals surface area contributed by atoms with E-state index in [0.717, 1.165) is 6.42 Å². The van der Waals surface area contributed by atoms with Crippen LogP contribution in [0.5, 0.6) is 0 Å². The standard InChI is InChI=1S/C14H18F3N3O3/c15-14(16,17)5-3-12(21)19-6-1-2-10(8-19)11-4-7-20(18-11)9-13(22)23/h4,7,10H,1-3,5-6,8-9H2,(H,22,23)/t10-/m0/s1. The van der Waals surface area contributed by atoms with Gasteiger partial charge in [0.2, 0.25) is 5.91 Å². The molecule has 23 heavy (non-hydrogen) atoms. The molecule has 0 bridgehead atoms. The van der Waals surface area contributed by atoms with Gasteiger partial charge in [0.25, 0.3) is 0 Å². The highest BCUT2D eigenvalue weighted by molar-refractivity contribution is 5.76. The Hall–Kier alpha value is -2.06. The smallest absolute Gasteiger partial charge is 0.389 e. The third kappa shape index (κ3) is 5.26. The van der Waals surface area contributed by atoms with Crippen molar-refractivity contribution in [2.75, 3.05) is 13.1 Å². The van der Waals surface area contributed by atoms with E-state index in [0.29, 0.717) is 25.2 Å². The minimum atomic E-state index is -4.33. The van der Waals surface area contributed by atoms with E-state index in [9.17, 15) is 22.8 Å². The Kier molecular flexibility index (Phi) is 5.27. The van der Waals surface area contributed by atoms with Crippen LogP contribution >= 0.6 is 0 Å². The van der Waals surface area contributed by atoms with Crippen LogP contribution in [-0.2, 0) is 16.1 Å². The highest BCUT2D eigenvalue weighted by atomic mass is 19.4. The molecule has 1 amide bonds. The zero-order chi connectivity index (χ0) is 17.0. The maximum absolute atomic E-state index is 12.2. The van der Waals surface area contributed by atoms with Crippen LogP contribution in [0, 0.1) is 0 Å². The number of aliphatic carboxylic acids is 1. The van der Waals surface area contributed by atoms with Gasteiger partial charge < -0.3 is 10.0 Å². The average molecular weight is 333 g/mol. The molecule has 9 heteroatoms. The van der Waals surface area contributed by atoms with E-state index in [1.807, 2.05) is 0 Å². The maximum atomic E-state index is 12.2. The van der Waals surface area contributed by atoms with Crippen molar-refractivity contribution in [2.45, 2.75) is 44.3 Å². The van der Waals surface area contributed by atoms with E-state index in [-0.39, 0.29) is 12.5 Å². The quantitative estimate of drug-likeness (QED) is 0.894. The summed E-state index contributed by atoms with van der Waals surface area (Å²) >= 11 is 0. The fraction of sp³-hybridized carbons (Fsp3) is 0.643. The molecule has 1 fully saturated rings. The molecule has 128 valence electrons. The van der Waals surface area contributed by atoms with Gasteiger partial charge in [-0.3, -0.25) is 14.3 Å². The van der Waals surface area contributed by atoms with Crippen molar-refractivity contribution in [3.05, 3.63) is 18.0 Å². The number of halogens is 3. The highest BCUT2D eigenvalue weighted by Crippen LogP contribution is 2.27. The number of carbonyl (C=O) groups is 2. The second kappa shape index (κ2) is 7.01. The Balaban J connectivity index is 1.93. The average Bonchev–Trinajstić information content (AvgIpc) is 2.92. The summed E-state index contributed by atoms with van der Waals surface area (Å²) in [5.41, 5.74) is 0.666. The normalized spacial score (nSPS) is 18.9. The molecule has 0 unspecified atom stereocenters. The van der Waals surface area contributed by atoms with Crippen LogP contribution < -0.4 is 0 Å². The molecule has 1 atom stereocenters. The van der Waals surface area contributed by atoms with E-state index in [4.69, 9.17) is 5.11 Å². The zero-order valence-corrected chi connectivity index (χ0v) is 12.4. The SMILES string of the molecule is O=C(O)Cn1ccc([C@H]2CCCN(C(=O)CCC(F)(F)F)C2)n1. The Morgan fingerprint density at radius 1 is 1.39 bits per heavy atom. The van der Waals surface area contributed by atoms with E-state index in [1.165, 1.54) is 9.58 Å². The molecule has 0 saturated carbocycles. The molecule has 0 aromatic carbocycles. The Morgan fingerprint density at radius 3 is 2.78 bits per heavy atom. The summed E-state index contributed by atoms with van der Waals surface area (Å²) in [6, 6.07) is 1.69. The molecule has 1 aromatic rings. The predicted molar refractivity (Wildman–Crippen MR) is 73.7 cm³/mol.